The Morgan fingerprint density at radius 3 is 2.93 bits per heavy atom. The van der Waals surface area contributed by atoms with Crippen molar-refractivity contribution in [2.24, 2.45) is 0 Å². The van der Waals surface area contributed by atoms with Crippen LogP contribution in [0.5, 0.6) is 5.75 Å². The zero-order valence-electron chi connectivity index (χ0n) is 22.0. The van der Waals surface area contributed by atoms with Gasteiger partial charge in [0, 0.05) is 37.9 Å². The minimum Gasteiger partial charge on any atom is -0.486 e. The lowest BCUT2D eigenvalue weighted by Gasteiger charge is -2.27. The van der Waals surface area contributed by atoms with Crippen LogP contribution in [0.3, 0.4) is 0 Å². The molecule has 2 aliphatic heterocycles. The summed E-state index contributed by atoms with van der Waals surface area (Å²) < 4.78 is 17.7. The second-order valence-corrected chi connectivity index (χ2v) is 11.0. The Morgan fingerprint density at radius 2 is 2.10 bits per heavy atom. The molecular formula is C29H27ClN6O4S. The standard InChI is InChI=1S/C29H27ClN6O4S/c30-24-14-20(5-7-26(24)39-17-21-3-1-2-8-31-21)35-28-27-25(33-18-34-28)15-23(41-27)6-4-19-13-22(16-32-19)40-29(37)36-9-11-38-12-10-36/h1-3,5,7-8,14-15,18-19,22,32H,9-13,16-17H2,(H,33,34,35)/t19-,22-/m0/s1. The van der Waals surface area contributed by atoms with E-state index in [2.05, 4.69) is 37.4 Å². The molecule has 0 unspecified atom stereocenters. The quantitative estimate of drug-likeness (QED) is 0.311. The number of amides is 1. The highest BCUT2D eigenvalue weighted by molar-refractivity contribution is 7.20. The van der Waals surface area contributed by atoms with Crippen molar-refractivity contribution in [1.82, 2.24) is 25.2 Å². The van der Waals surface area contributed by atoms with E-state index in [0.29, 0.717) is 62.5 Å². The third-order valence-corrected chi connectivity index (χ3v) is 7.95. The molecule has 2 saturated heterocycles. The van der Waals surface area contributed by atoms with E-state index in [9.17, 15) is 4.79 Å². The fourth-order valence-corrected chi connectivity index (χ4v) is 5.65. The van der Waals surface area contributed by atoms with Crippen LogP contribution in [0.2, 0.25) is 5.02 Å². The number of halogens is 1. The average Bonchev–Trinajstić information content (AvgIpc) is 3.64. The number of benzene rings is 1. The highest BCUT2D eigenvalue weighted by Gasteiger charge is 2.28. The van der Waals surface area contributed by atoms with Crippen LogP contribution in [0.4, 0.5) is 16.3 Å². The van der Waals surface area contributed by atoms with Crippen molar-refractivity contribution in [1.29, 1.82) is 0 Å². The molecule has 5 heterocycles. The Morgan fingerprint density at radius 1 is 1.20 bits per heavy atom. The van der Waals surface area contributed by atoms with Gasteiger partial charge in [-0.1, -0.05) is 29.5 Å². The van der Waals surface area contributed by atoms with Crippen molar-refractivity contribution < 1.29 is 19.0 Å². The van der Waals surface area contributed by atoms with Gasteiger partial charge in [0.15, 0.2) is 5.82 Å². The number of hydrogen-bond donors (Lipinski definition) is 2. The van der Waals surface area contributed by atoms with Crippen LogP contribution in [0.1, 0.15) is 17.0 Å². The molecule has 0 bridgehead atoms. The molecule has 6 rings (SSSR count). The summed E-state index contributed by atoms with van der Waals surface area (Å²) in [5, 5.41) is 7.15. The molecule has 12 heteroatoms. The first-order valence-corrected chi connectivity index (χ1v) is 14.4. The van der Waals surface area contributed by atoms with Crippen LogP contribution in [0, 0.1) is 11.8 Å². The Kier molecular flexibility index (Phi) is 8.44. The molecule has 0 aliphatic carbocycles. The molecule has 3 aromatic heterocycles. The maximum Gasteiger partial charge on any atom is 0.410 e. The fraction of sp³-hybridized carbons (Fsp3) is 0.310. The topological polar surface area (TPSA) is 111 Å². The summed E-state index contributed by atoms with van der Waals surface area (Å²) in [6, 6.07) is 13.1. The number of hydrogen-bond acceptors (Lipinski definition) is 10. The van der Waals surface area contributed by atoms with Crippen molar-refractivity contribution in [2.45, 2.75) is 25.2 Å². The number of thiophene rings is 1. The highest BCUT2D eigenvalue weighted by atomic mass is 35.5. The van der Waals surface area contributed by atoms with Crippen LogP contribution in [-0.2, 0) is 16.1 Å². The Hall–Kier alpha value is -3.95. The van der Waals surface area contributed by atoms with Crippen molar-refractivity contribution in [3.63, 3.8) is 0 Å². The molecule has 1 aromatic carbocycles. The van der Waals surface area contributed by atoms with Crippen LogP contribution in [0.25, 0.3) is 10.2 Å². The SMILES string of the molecule is O=C(O[C@@H]1CN[C@@H](C#Cc2cc3ncnc(Nc4ccc(OCc5ccccn5)c(Cl)c4)c3s2)C1)N1CCOCC1. The molecule has 1 amide bonds. The predicted molar refractivity (Wildman–Crippen MR) is 157 cm³/mol. The predicted octanol–water partition coefficient (Wildman–Crippen LogP) is 4.61. The molecule has 4 aromatic rings. The third kappa shape index (κ3) is 6.86. The number of anilines is 2. The van der Waals surface area contributed by atoms with Crippen molar-refractivity contribution >= 4 is 50.8 Å². The Labute approximate surface area is 246 Å². The lowest BCUT2D eigenvalue weighted by molar-refractivity contribution is 0.0156. The summed E-state index contributed by atoms with van der Waals surface area (Å²) in [5.41, 5.74) is 2.39. The summed E-state index contributed by atoms with van der Waals surface area (Å²) >= 11 is 8.00. The van der Waals surface area contributed by atoms with Gasteiger partial charge in [-0.15, -0.1) is 11.3 Å². The third-order valence-electron chi connectivity index (χ3n) is 6.60. The number of ether oxygens (including phenoxy) is 3. The van der Waals surface area contributed by atoms with Crippen molar-refractivity contribution in [3.05, 3.63) is 70.6 Å². The number of nitrogens with one attached hydrogen (secondary N) is 2. The zero-order chi connectivity index (χ0) is 28.0. The highest BCUT2D eigenvalue weighted by Crippen LogP contribution is 2.33. The number of aromatic nitrogens is 3. The number of morpholine rings is 1. The molecular weight excluding hydrogens is 564 g/mol. The summed E-state index contributed by atoms with van der Waals surface area (Å²) in [4.78, 5) is 28.0. The van der Waals surface area contributed by atoms with Crippen LogP contribution < -0.4 is 15.4 Å². The zero-order valence-corrected chi connectivity index (χ0v) is 23.6. The van der Waals surface area contributed by atoms with E-state index in [1.807, 2.05) is 36.4 Å². The molecule has 2 aliphatic rings. The fourth-order valence-electron chi connectivity index (χ4n) is 4.50. The number of carbonyl (C=O) groups excluding carboxylic acids is 1. The maximum atomic E-state index is 12.4. The van der Waals surface area contributed by atoms with Gasteiger partial charge in [-0.3, -0.25) is 10.3 Å². The molecule has 210 valence electrons. The number of rotatable bonds is 6. The van der Waals surface area contributed by atoms with Gasteiger partial charge in [0.25, 0.3) is 0 Å². The summed E-state index contributed by atoms with van der Waals surface area (Å²) in [7, 11) is 0. The maximum absolute atomic E-state index is 12.4. The van der Waals surface area contributed by atoms with Gasteiger partial charge in [-0.2, -0.15) is 0 Å². The largest absolute Gasteiger partial charge is 0.486 e. The summed E-state index contributed by atoms with van der Waals surface area (Å²) in [6.45, 7) is 3.13. The second kappa shape index (κ2) is 12.7. The summed E-state index contributed by atoms with van der Waals surface area (Å²) in [5.74, 6) is 7.76. The molecule has 2 N–H and O–H groups in total. The van der Waals surface area contributed by atoms with Crippen LogP contribution >= 0.6 is 22.9 Å². The number of fused-ring (bicyclic) bond motifs is 1. The van der Waals surface area contributed by atoms with Gasteiger partial charge < -0.3 is 24.4 Å². The molecule has 0 saturated carbocycles. The van der Waals surface area contributed by atoms with Gasteiger partial charge in [-0.05, 0) is 36.4 Å². The van der Waals surface area contributed by atoms with E-state index in [1.54, 1.807) is 17.2 Å². The van der Waals surface area contributed by atoms with E-state index in [4.69, 9.17) is 25.8 Å². The molecule has 0 spiro atoms. The normalized spacial score (nSPS) is 18.5. The van der Waals surface area contributed by atoms with E-state index >= 15 is 0 Å². The second-order valence-electron chi connectivity index (χ2n) is 9.50. The first-order valence-electron chi connectivity index (χ1n) is 13.2. The van der Waals surface area contributed by atoms with Gasteiger partial charge >= 0.3 is 6.09 Å². The summed E-state index contributed by atoms with van der Waals surface area (Å²) in [6.07, 6.45) is 3.40. The molecule has 10 nitrogen and oxygen atoms in total. The van der Waals surface area contributed by atoms with Gasteiger partial charge in [0.2, 0.25) is 0 Å². The van der Waals surface area contributed by atoms with E-state index in [1.165, 1.54) is 17.7 Å². The number of carbonyl (C=O) groups is 1. The van der Waals surface area contributed by atoms with E-state index < -0.39 is 0 Å². The number of pyridine rings is 1. The minimum absolute atomic E-state index is 0.0630. The minimum atomic E-state index is -0.287. The molecule has 41 heavy (non-hydrogen) atoms. The smallest absolute Gasteiger partial charge is 0.410 e. The Bertz CT molecular complexity index is 1580. The average molecular weight is 591 g/mol. The molecule has 2 atom stereocenters. The Balaban J connectivity index is 1.08. The molecule has 2 fully saturated rings. The van der Waals surface area contributed by atoms with Crippen LogP contribution in [0.15, 0.2) is 55.0 Å². The number of nitrogens with zero attached hydrogens (tertiary/aromatic N) is 4. The van der Waals surface area contributed by atoms with Crippen LogP contribution in [-0.4, -0.2) is 70.9 Å². The van der Waals surface area contributed by atoms with Gasteiger partial charge in [-0.25, -0.2) is 14.8 Å². The lowest BCUT2D eigenvalue weighted by Crippen LogP contribution is -2.42. The molecule has 0 radical (unpaired) electrons. The first-order chi connectivity index (χ1) is 20.1. The van der Waals surface area contributed by atoms with E-state index in [0.717, 1.165) is 26.5 Å². The van der Waals surface area contributed by atoms with E-state index in [-0.39, 0.29) is 18.2 Å². The monoisotopic (exact) mass is 590 g/mol. The van der Waals surface area contributed by atoms with Gasteiger partial charge in [0.1, 0.15) is 24.8 Å². The van der Waals surface area contributed by atoms with Crippen molar-refractivity contribution in [3.8, 4) is 17.6 Å². The van der Waals surface area contributed by atoms with Crippen molar-refractivity contribution in [2.75, 3.05) is 38.2 Å². The lowest BCUT2D eigenvalue weighted by atomic mass is 10.2. The van der Waals surface area contributed by atoms with Gasteiger partial charge in [0.05, 0.1) is 45.1 Å². The first kappa shape index (κ1) is 27.2.